The summed E-state index contributed by atoms with van der Waals surface area (Å²) >= 11 is 7.38. The molecular formula is C25H16ClNO4S. The number of rotatable bonds is 6. The maximum Gasteiger partial charge on any atom is 0.337 e. The highest BCUT2D eigenvalue weighted by molar-refractivity contribution is 7.14. The summed E-state index contributed by atoms with van der Waals surface area (Å²) in [5, 5.41) is 10.2. The summed E-state index contributed by atoms with van der Waals surface area (Å²) in [6.07, 6.45) is 5.71. The SMILES string of the molecule is O=C(O)c1cc(-c2cccc(COc3ccc4c(=O)n(C5=CC=C5)sc4c3)c2)ccc1Cl. The van der Waals surface area contributed by atoms with E-state index < -0.39 is 5.97 Å². The lowest BCUT2D eigenvalue weighted by Gasteiger charge is -2.09. The standard InChI is InChI=1S/C25H16ClNO4S/c26-22-10-7-17(12-21(22)25(29)30)16-4-1-3-15(11-16)14-31-19-8-9-20-23(13-19)32-27(24(20)28)18-5-2-6-18/h1-13H,14H2,(H,29,30). The van der Waals surface area contributed by atoms with Gasteiger partial charge in [0.25, 0.3) is 5.56 Å². The first-order valence-corrected chi connectivity index (χ1v) is 10.9. The Morgan fingerprint density at radius 1 is 1.06 bits per heavy atom. The molecule has 0 saturated carbocycles. The number of benzene rings is 3. The van der Waals surface area contributed by atoms with Gasteiger partial charge in [-0.1, -0.05) is 53.5 Å². The van der Waals surface area contributed by atoms with Crippen LogP contribution in [0, 0.1) is 0 Å². The number of carbonyl (C=O) groups is 1. The van der Waals surface area contributed by atoms with Gasteiger partial charge in [0.15, 0.2) is 0 Å². The van der Waals surface area contributed by atoms with E-state index in [1.807, 2.05) is 48.6 Å². The molecule has 32 heavy (non-hydrogen) atoms. The van der Waals surface area contributed by atoms with Crippen LogP contribution in [0.5, 0.6) is 5.75 Å². The number of ether oxygens (including phenoxy) is 1. The number of aromatic nitrogens is 1. The van der Waals surface area contributed by atoms with Crippen LogP contribution in [0.2, 0.25) is 5.02 Å². The minimum absolute atomic E-state index is 0.0245. The molecule has 0 amide bonds. The van der Waals surface area contributed by atoms with Gasteiger partial charge in [-0.15, -0.1) is 0 Å². The van der Waals surface area contributed by atoms with Gasteiger partial charge in [-0.25, -0.2) is 8.75 Å². The number of carboxylic acids is 1. The van der Waals surface area contributed by atoms with Crippen LogP contribution < -0.4 is 10.3 Å². The Balaban J connectivity index is 1.36. The highest BCUT2D eigenvalue weighted by Crippen LogP contribution is 2.28. The lowest BCUT2D eigenvalue weighted by atomic mass is 10.0. The lowest BCUT2D eigenvalue weighted by Crippen LogP contribution is -2.12. The fraction of sp³-hybridized carbons (Fsp3) is 0.0400. The molecule has 0 spiro atoms. The Bertz CT molecular complexity index is 1500. The molecule has 5 nitrogen and oxygen atoms in total. The Morgan fingerprint density at radius 3 is 2.62 bits per heavy atom. The van der Waals surface area contributed by atoms with Gasteiger partial charge >= 0.3 is 5.97 Å². The highest BCUT2D eigenvalue weighted by atomic mass is 35.5. The number of aromatic carboxylic acids is 1. The van der Waals surface area contributed by atoms with E-state index in [1.54, 1.807) is 34.3 Å². The van der Waals surface area contributed by atoms with Crippen molar-refractivity contribution in [2.24, 2.45) is 0 Å². The molecule has 0 aliphatic heterocycles. The zero-order valence-corrected chi connectivity index (χ0v) is 18.2. The number of halogens is 1. The number of hydrogen-bond donors (Lipinski definition) is 1. The Labute approximate surface area is 192 Å². The molecule has 0 bridgehead atoms. The molecule has 0 fully saturated rings. The molecule has 1 aliphatic carbocycles. The molecule has 1 aliphatic rings. The van der Waals surface area contributed by atoms with Crippen molar-refractivity contribution < 1.29 is 14.6 Å². The van der Waals surface area contributed by atoms with Gasteiger partial charge < -0.3 is 9.84 Å². The second-order valence-corrected chi connectivity index (χ2v) is 8.68. The second kappa shape index (κ2) is 8.15. The molecule has 5 rings (SSSR count). The normalized spacial score (nSPS) is 12.5. The van der Waals surface area contributed by atoms with Crippen molar-refractivity contribution in [3.63, 3.8) is 0 Å². The average molecular weight is 462 g/mol. The van der Waals surface area contributed by atoms with Crippen LogP contribution in [0.3, 0.4) is 0 Å². The van der Waals surface area contributed by atoms with E-state index >= 15 is 0 Å². The number of carboxylic acid groups (broad SMARTS) is 1. The van der Waals surface area contributed by atoms with E-state index in [2.05, 4.69) is 0 Å². The second-order valence-electron chi connectivity index (χ2n) is 7.29. The first-order valence-electron chi connectivity index (χ1n) is 9.79. The third kappa shape index (κ3) is 3.75. The highest BCUT2D eigenvalue weighted by Gasteiger charge is 2.13. The zero-order valence-electron chi connectivity index (χ0n) is 16.6. The van der Waals surface area contributed by atoms with Crippen LogP contribution in [0.1, 0.15) is 15.9 Å². The van der Waals surface area contributed by atoms with Crippen molar-refractivity contribution in [3.05, 3.63) is 105 Å². The predicted octanol–water partition coefficient (Wildman–Crippen LogP) is 6.07. The maximum absolute atomic E-state index is 12.5. The third-order valence-electron chi connectivity index (χ3n) is 5.19. The molecule has 1 heterocycles. The van der Waals surface area contributed by atoms with Gasteiger partial charge in [0, 0.05) is 0 Å². The molecular weight excluding hydrogens is 446 g/mol. The minimum atomic E-state index is -1.06. The van der Waals surface area contributed by atoms with Gasteiger partial charge in [-0.3, -0.25) is 4.79 Å². The van der Waals surface area contributed by atoms with Crippen LogP contribution in [0.4, 0.5) is 0 Å². The van der Waals surface area contributed by atoms with E-state index in [9.17, 15) is 14.7 Å². The summed E-state index contributed by atoms with van der Waals surface area (Å²) < 4.78 is 8.52. The Morgan fingerprint density at radius 2 is 1.88 bits per heavy atom. The zero-order chi connectivity index (χ0) is 22.2. The van der Waals surface area contributed by atoms with Gasteiger partial charge in [0.05, 0.1) is 26.4 Å². The lowest BCUT2D eigenvalue weighted by molar-refractivity contribution is 0.0697. The smallest absolute Gasteiger partial charge is 0.337 e. The summed E-state index contributed by atoms with van der Waals surface area (Å²) in [5.74, 6) is -0.387. The molecule has 0 atom stereocenters. The van der Waals surface area contributed by atoms with Crippen LogP contribution in [-0.4, -0.2) is 15.0 Å². The summed E-state index contributed by atoms with van der Waals surface area (Å²) in [5.41, 5.74) is 3.51. The molecule has 1 N–H and O–H groups in total. The number of hydrogen-bond acceptors (Lipinski definition) is 4. The predicted molar refractivity (Wildman–Crippen MR) is 128 cm³/mol. The number of fused-ring (bicyclic) bond motifs is 1. The average Bonchev–Trinajstić information content (AvgIpc) is 3.07. The largest absolute Gasteiger partial charge is 0.489 e. The fourth-order valence-corrected chi connectivity index (χ4v) is 4.68. The monoisotopic (exact) mass is 461 g/mol. The van der Waals surface area contributed by atoms with E-state index in [4.69, 9.17) is 16.3 Å². The quantitative estimate of drug-likeness (QED) is 0.378. The van der Waals surface area contributed by atoms with Crippen molar-refractivity contribution in [1.29, 1.82) is 0 Å². The first-order chi connectivity index (χ1) is 15.5. The summed E-state index contributed by atoms with van der Waals surface area (Å²) in [6.45, 7) is 0.336. The molecule has 1 aromatic heterocycles. The third-order valence-corrected chi connectivity index (χ3v) is 6.61. The van der Waals surface area contributed by atoms with E-state index in [0.717, 1.165) is 27.1 Å². The van der Waals surface area contributed by atoms with Crippen molar-refractivity contribution >= 4 is 44.9 Å². The summed E-state index contributed by atoms with van der Waals surface area (Å²) in [6, 6.07) is 18.1. The molecule has 4 aromatic rings. The molecule has 7 heteroatoms. The van der Waals surface area contributed by atoms with Gasteiger partial charge in [0.1, 0.15) is 12.4 Å². The van der Waals surface area contributed by atoms with Crippen molar-refractivity contribution in [2.75, 3.05) is 0 Å². The Kier molecular flexibility index (Phi) is 5.17. The van der Waals surface area contributed by atoms with Crippen molar-refractivity contribution in [3.8, 4) is 16.9 Å². The van der Waals surface area contributed by atoms with E-state index in [-0.39, 0.29) is 16.1 Å². The van der Waals surface area contributed by atoms with Crippen molar-refractivity contribution in [2.45, 2.75) is 6.61 Å². The van der Waals surface area contributed by atoms with Crippen LogP contribution in [0.25, 0.3) is 26.9 Å². The van der Waals surface area contributed by atoms with Gasteiger partial charge in [-0.2, -0.15) is 0 Å². The molecule has 0 saturated heterocycles. The molecule has 0 radical (unpaired) electrons. The van der Waals surface area contributed by atoms with Crippen molar-refractivity contribution in [1.82, 2.24) is 3.96 Å². The number of allylic oxidation sites excluding steroid dienone is 4. The summed E-state index contributed by atoms with van der Waals surface area (Å²) in [7, 11) is 0. The summed E-state index contributed by atoms with van der Waals surface area (Å²) in [4.78, 5) is 23.9. The molecule has 0 unspecified atom stereocenters. The van der Waals surface area contributed by atoms with Gasteiger partial charge in [0.2, 0.25) is 0 Å². The minimum Gasteiger partial charge on any atom is -0.489 e. The van der Waals surface area contributed by atoms with Gasteiger partial charge in [-0.05, 0) is 65.2 Å². The van der Waals surface area contributed by atoms with E-state index in [0.29, 0.717) is 17.7 Å². The fourth-order valence-electron chi connectivity index (χ4n) is 3.46. The topological polar surface area (TPSA) is 68.5 Å². The maximum atomic E-state index is 12.5. The van der Waals surface area contributed by atoms with Crippen LogP contribution >= 0.6 is 23.1 Å². The van der Waals surface area contributed by atoms with Crippen LogP contribution in [0.15, 0.2) is 83.7 Å². The molecule has 158 valence electrons. The van der Waals surface area contributed by atoms with Crippen LogP contribution in [-0.2, 0) is 6.61 Å². The van der Waals surface area contributed by atoms with E-state index in [1.165, 1.54) is 11.5 Å². The molecule has 3 aromatic carbocycles. The number of nitrogens with zero attached hydrogens (tertiary/aromatic N) is 1. The first kappa shape index (κ1) is 20.3. The Hall–Kier alpha value is -3.61.